The van der Waals surface area contributed by atoms with E-state index in [9.17, 15) is 9.18 Å². The Balaban J connectivity index is 2.18. The Labute approximate surface area is 106 Å². The summed E-state index contributed by atoms with van der Waals surface area (Å²) in [5, 5.41) is 0. The lowest BCUT2D eigenvalue weighted by atomic mass is 10.1. The van der Waals surface area contributed by atoms with Crippen molar-refractivity contribution < 1.29 is 9.18 Å². The molecule has 0 saturated carbocycles. The normalized spacial score (nSPS) is 25.2. The predicted molar refractivity (Wildman–Crippen MR) is 66.8 cm³/mol. The molecule has 0 radical (unpaired) electrons. The molecular formula is C13H18FN3O. The summed E-state index contributed by atoms with van der Waals surface area (Å²) in [6, 6.07) is 3.62. The van der Waals surface area contributed by atoms with Gasteiger partial charge in [0.25, 0.3) is 5.91 Å². The van der Waals surface area contributed by atoms with Crippen LogP contribution in [-0.2, 0) is 0 Å². The molecule has 98 valence electrons. The van der Waals surface area contributed by atoms with Gasteiger partial charge in [-0.2, -0.15) is 4.39 Å². The van der Waals surface area contributed by atoms with Crippen molar-refractivity contribution in [3.8, 4) is 0 Å². The third-order valence-electron chi connectivity index (χ3n) is 3.64. The van der Waals surface area contributed by atoms with Gasteiger partial charge in [0, 0.05) is 31.4 Å². The summed E-state index contributed by atoms with van der Waals surface area (Å²) in [6.45, 7) is 5.37. The van der Waals surface area contributed by atoms with E-state index in [0.29, 0.717) is 13.1 Å². The molecule has 1 fully saturated rings. The number of carbonyl (C=O) groups excluding carboxylic acids is 1. The van der Waals surface area contributed by atoms with Crippen LogP contribution in [0.3, 0.4) is 0 Å². The fourth-order valence-corrected chi connectivity index (χ4v) is 2.29. The zero-order chi connectivity index (χ0) is 13.3. The van der Waals surface area contributed by atoms with E-state index in [-0.39, 0.29) is 23.6 Å². The van der Waals surface area contributed by atoms with E-state index >= 15 is 0 Å². The van der Waals surface area contributed by atoms with Gasteiger partial charge in [0.2, 0.25) is 5.95 Å². The Kier molecular flexibility index (Phi) is 3.61. The first-order valence-electron chi connectivity index (χ1n) is 6.12. The van der Waals surface area contributed by atoms with Crippen LogP contribution >= 0.6 is 0 Å². The number of piperazine rings is 1. The second-order valence-electron chi connectivity index (χ2n) is 4.92. The van der Waals surface area contributed by atoms with Crippen LogP contribution < -0.4 is 0 Å². The Morgan fingerprint density at radius 3 is 2.56 bits per heavy atom. The van der Waals surface area contributed by atoms with Crippen LogP contribution in [0.15, 0.2) is 18.3 Å². The number of likely N-dealkylation sites (N-methyl/N-ethyl adjacent to an activating group) is 1. The van der Waals surface area contributed by atoms with E-state index < -0.39 is 5.95 Å². The SMILES string of the molecule is CC1CN(C(=O)c2cccnc2F)CC(C)N1C. The lowest BCUT2D eigenvalue weighted by Crippen LogP contribution is -2.56. The smallest absolute Gasteiger partial charge is 0.258 e. The highest BCUT2D eigenvalue weighted by Gasteiger charge is 2.30. The first-order valence-corrected chi connectivity index (χ1v) is 6.12. The Bertz CT molecular complexity index is 440. The van der Waals surface area contributed by atoms with E-state index in [4.69, 9.17) is 0 Å². The zero-order valence-corrected chi connectivity index (χ0v) is 10.9. The van der Waals surface area contributed by atoms with Gasteiger partial charge in [-0.3, -0.25) is 9.69 Å². The van der Waals surface area contributed by atoms with Gasteiger partial charge in [0.05, 0.1) is 5.56 Å². The van der Waals surface area contributed by atoms with Crippen molar-refractivity contribution >= 4 is 5.91 Å². The maximum Gasteiger partial charge on any atom is 0.258 e. The molecule has 2 heterocycles. The highest BCUT2D eigenvalue weighted by atomic mass is 19.1. The second-order valence-corrected chi connectivity index (χ2v) is 4.92. The lowest BCUT2D eigenvalue weighted by molar-refractivity contribution is 0.0409. The Morgan fingerprint density at radius 2 is 2.00 bits per heavy atom. The summed E-state index contributed by atoms with van der Waals surface area (Å²) in [6.07, 6.45) is 1.35. The molecule has 0 spiro atoms. The van der Waals surface area contributed by atoms with Crippen LogP contribution in [0.2, 0.25) is 0 Å². The van der Waals surface area contributed by atoms with Gasteiger partial charge >= 0.3 is 0 Å². The number of hydrogen-bond acceptors (Lipinski definition) is 3. The highest BCUT2D eigenvalue weighted by Crippen LogP contribution is 2.16. The summed E-state index contributed by atoms with van der Waals surface area (Å²) in [5.74, 6) is -0.964. The molecule has 2 unspecified atom stereocenters. The van der Waals surface area contributed by atoms with Gasteiger partial charge in [-0.25, -0.2) is 4.98 Å². The van der Waals surface area contributed by atoms with Gasteiger partial charge in [-0.1, -0.05) is 0 Å². The summed E-state index contributed by atoms with van der Waals surface area (Å²) in [4.78, 5) is 19.7. The van der Waals surface area contributed by atoms with Gasteiger partial charge in [0.1, 0.15) is 0 Å². The van der Waals surface area contributed by atoms with Crippen LogP contribution in [0.5, 0.6) is 0 Å². The van der Waals surface area contributed by atoms with Crippen molar-refractivity contribution in [3.05, 3.63) is 29.8 Å². The number of aromatic nitrogens is 1. The minimum absolute atomic E-state index is 0.0569. The maximum atomic E-state index is 13.5. The highest BCUT2D eigenvalue weighted by molar-refractivity contribution is 5.94. The van der Waals surface area contributed by atoms with E-state index in [1.807, 2.05) is 7.05 Å². The van der Waals surface area contributed by atoms with Crippen LogP contribution in [0, 0.1) is 5.95 Å². The molecule has 1 aromatic heterocycles. The van der Waals surface area contributed by atoms with Crippen molar-refractivity contribution in [3.63, 3.8) is 0 Å². The van der Waals surface area contributed by atoms with E-state index in [0.717, 1.165) is 0 Å². The first-order chi connectivity index (χ1) is 8.50. The molecule has 0 N–H and O–H groups in total. The molecule has 1 aliphatic heterocycles. The molecule has 0 aliphatic carbocycles. The molecule has 4 nitrogen and oxygen atoms in total. The number of halogens is 1. The monoisotopic (exact) mass is 251 g/mol. The zero-order valence-electron chi connectivity index (χ0n) is 10.9. The fraction of sp³-hybridized carbons (Fsp3) is 0.538. The molecule has 18 heavy (non-hydrogen) atoms. The fourth-order valence-electron chi connectivity index (χ4n) is 2.29. The van der Waals surface area contributed by atoms with E-state index in [2.05, 4.69) is 23.7 Å². The van der Waals surface area contributed by atoms with Crippen molar-refractivity contribution in [2.24, 2.45) is 0 Å². The van der Waals surface area contributed by atoms with Crippen molar-refractivity contribution in [2.45, 2.75) is 25.9 Å². The van der Waals surface area contributed by atoms with Crippen molar-refractivity contribution in [2.75, 3.05) is 20.1 Å². The number of carbonyl (C=O) groups is 1. The molecule has 1 aromatic rings. The Morgan fingerprint density at radius 1 is 1.39 bits per heavy atom. The second kappa shape index (κ2) is 5.02. The summed E-state index contributed by atoms with van der Waals surface area (Å²) < 4.78 is 13.5. The van der Waals surface area contributed by atoms with Crippen LogP contribution in [-0.4, -0.2) is 52.9 Å². The molecule has 2 atom stereocenters. The standard InChI is InChI=1S/C13H18FN3O/c1-9-7-17(8-10(2)16(9)3)13(18)11-5-4-6-15-12(11)14/h4-6,9-10H,7-8H2,1-3H3. The summed E-state index contributed by atoms with van der Waals surface area (Å²) in [7, 11) is 2.04. The van der Waals surface area contributed by atoms with Crippen molar-refractivity contribution in [1.82, 2.24) is 14.8 Å². The quantitative estimate of drug-likeness (QED) is 0.708. The molecule has 0 aromatic carbocycles. The summed E-state index contributed by atoms with van der Waals surface area (Å²) >= 11 is 0. The van der Waals surface area contributed by atoms with E-state index in [1.54, 1.807) is 11.0 Å². The number of hydrogen-bond donors (Lipinski definition) is 0. The third-order valence-corrected chi connectivity index (χ3v) is 3.64. The minimum atomic E-state index is -0.693. The van der Waals surface area contributed by atoms with Gasteiger partial charge < -0.3 is 4.90 Å². The predicted octanol–water partition coefficient (Wildman–Crippen LogP) is 1.39. The maximum absolute atomic E-state index is 13.5. The number of rotatable bonds is 1. The molecule has 2 rings (SSSR count). The first kappa shape index (κ1) is 13.0. The average molecular weight is 251 g/mol. The molecule has 1 saturated heterocycles. The van der Waals surface area contributed by atoms with Crippen molar-refractivity contribution in [1.29, 1.82) is 0 Å². The van der Waals surface area contributed by atoms with Gasteiger partial charge in [0.15, 0.2) is 0 Å². The molecule has 1 aliphatic rings. The molecular weight excluding hydrogens is 233 g/mol. The summed E-state index contributed by atoms with van der Waals surface area (Å²) in [5.41, 5.74) is 0.0569. The Hall–Kier alpha value is -1.49. The average Bonchev–Trinajstić information content (AvgIpc) is 2.35. The number of amides is 1. The minimum Gasteiger partial charge on any atom is -0.335 e. The molecule has 5 heteroatoms. The largest absolute Gasteiger partial charge is 0.335 e. The third kappa shape index (κ3) is 2.36. The lowest BCUT2D eigenvalue weighted by Gasteiger charge is -2.42. The molecule has 1 amide bonds. The van der Waals surface area contributed by atoms with Gasteiger partial charge in [-0.15, -0.1) is 0 Å². The van der Waals surface area contributed by atoms with Gasteiger partial charge in [-0.05, 0) is 33.0 Å². The van der Waals surface area contributed by atoms with Crippen LogP contribution in [0.4, 0.5) is 4.39 Å². The van der Waals surface area contributed by atoms with Crippen LogP contribution in [0.1, 0.15) is 24.2 Å². The van der Waals surface area contributed by atoms with E-state index in [1.165, 1.54) is 12.3 Å². The number of nitrogens with zero attached hydrogens (tertiary/aromatic N) is 3. The topological polar surface area (TPSA) is 36.4 Å². The molecule has 0 bridgehead atoms. The van der Waals surface area contributed by atoms with Crippen LogP contribution in [0.25, 0.3) is 0 Å². The number of pyridine rings is 1.